The Hall–Kier alpha value is -13.1. The average Bonchev–Trinajstić information content (AvgIpc) is 1.51. The minimum absolute atomic E-state index is 0.591. The number of aromatic nitrogens is 6. The lowest BCUT2D eigenvalue weighted by atomic mass is 9.96. The third-order valence-corrected chi connectivity index (χ3v) is 24.1. The molecule has 0 fully saturated rings. The smallest absolute Gasteiger partial charge is 0.182 e. The third-order valence-electron chi connectivity index (χ3n) is 19.2. The number of fused-ring (bicyclic) bond motifs is 10. The van der Waals surface area contributed by atoms with Gasteiger partial charge in [0.25, 0.3) is 0 Å². The molecule has 0 bridgehead atoms. The van der Waals surface area contributed by atoms with Crippen molar-refractivity contribution in [2.45, 2.75) is 0 Å². The first kappa shape index (κ1) is 58.5. The summed E-state index contributed by atoms with van der Waals surface area (Å²) in [5.41, 5.74) is 21.2. The molecule has 4 heterocycles. The molecule has 18 rings (SSSR count). The molecule has 0 unspecified atom stereocenters. The highest BCUT2D eigenvalue weighted by Gasteiger charge is 2.54. The SMILES string of the molecule is c1ccc(-c2nc(-c3ccccc3)nc(-c3ccc4c(c3)-c3cc(-c5nc(-c6ccccc6)nc(-c6ccccc6)n5)ccc3[Si]43c4ccc(-c5ccc(N(c6ccccc6)c6ccccc6)cc5)cc4-c4cc(-c5ccc(N(c6ccccc6)c6ccccc6)cc5)ccc43)n2)cc1. The molecule has 0 aliphatic carbocycles. The summed E-state index contributed by atoms with van der Waals surface area (Å²) in [6.45, 7) is 0. The van der Waals surface area contributed by atoms with Crippen molar-refractivity contribution in [1.29, 1.82) is 0 Å². The molecule has 0 saturated heterocycles. The predicted molar refractivity (Wildman–Crippen MR) is 408 cm³/mol. The van der Waals surface area contributed by atoms with Gasteiger partial charge in [-0.3, -0.25) is 0 Å². The van der Waals surface area contributed by atoms with Crippen LogP contribution in [-0.2, 0) is 0 Å². The lowest BCUT2D eigenvalue weighted by molar-refractivity contribution is 1.07. The molecule has 8 nitrogen and oxygen atoms in total. The molecule has 9 heteroatoms. The number of para-hydroxylation sites is 4. The molecule has 0 atom stereocenters. The average molecular weight is 1280 g/mol. The molecule has 2 aliphatic heterocycles. The van der Waals surface area contributed by atoms with E-state index in [1.807, 2.05) is 72.8 Å². The topological polar surface area (TPSA) is 83.8 Å². The Labute approximate surface area is 575 Å². The van der Waals surface area contributed by atoms with Crippen molar-refractivity contribution in [3.05, 3.63) is 364 Å². The molecular weight excluding hydrogens is 1220 g/mol. The summed E-state index contributed by atoms with van der Waals surface area (Å²) in [4.78, 5) is 36.1. The van der Waals surface area contributed by atoms with Gasteiger partial charge in [0.2, 0.25) is 0 Å². The molecule has 0 N–H and O–H groups in total. The first-order valence-corrected chi connectivity index (χ1v) is 35.4. The number of rotatable bonds is 14. The van der Waals surface area contributed by atoms with Crippen LogP contribution in [0, 0.1) is 0 Å². The van der Waals surface area contributed by atoms with Crippen LogP contribution in [-0.4, -0.2) is 38.0 Å². The van der Waals surface area contributed by atoms with Crippen LogP contribution in [0.1, 0.15) is 0 Å². The Kier molecular flexibility index (Phi) is 14.7. The standard InChI is InChI=1S/C90H60N8Si/c1-9-25-63(26-10-1)85-91-86(64-27-11-2-12-28-64)94-89(93-85)69-47-55-83-79(59-69)80-60-70(90-95-87(65-29-13-3-14-30-65)92-88(96-90)66-31-15-4-16-32-66)48-56-84(80)99(83)81-53-45-67(61-41-49-75(50-42-61)97(71-33-17-5-18-34-71)72-35-19-6-20-36-72)57-77(81)78-58-68(46-54-82(78)99)62-43-51-76(52-44-62)98(73-37-21-7-22-38-73)74-39-23-8-24-40-74/h1-60H. The van der Waals surface area contributed by atoms with Gasteiger partial charge in [-0.15, -0.1) is 0 Å². The van der Waals surface area contributed by atoms with E-state index < -0.39 is 8.07 Å². The fourth-order valence-electron chi connectivity index (χ4n) is 14.6. The lowest BCUT2D eigenvalue weighted by Gasteiger charge is -2.28. The largest absolute Gasteiger partial charge is 0.311 e. The van der Waals surface area contributed by atoms with Gasteiger partial charge >= 0.3 is 0 Å². The Bertz CT molecular complexity index is 5090. The first-order chi connectivity index (χ1) is 49.1. The maximum absolute atomic E-state index is 5.31. The zero-order chi connectivity index (χ0) is 65.6. The maximum atomic E-state index is 5.31. The third kappa shape index (κ3) is 10.6. The van der Waals surface area contributed by atoms with Crippen LogP contribution in [0.3, 0.4) is 0 Å². The summed E-state index contributed by atoms with van der Waals surface area (Å²) in [6, 6.07) is 130. The summed E-state index contributed by atoms with van der Waals surface area (Å²) in [7, 11) is -3.22. The number of nitrogens with zero attached hydrogens (tertiary/aromatic N) is 8. The lowest BCUT2D eigenvalue weighted by Crippen LogP contribution is -2.70. The van der Waals surface area contributed by atoms with Crippen LogP contribution in [0.15, 0.2) is 364 Å². The van der Waals surface area contributed by atoms with E-state index in [0.717, 1.165) is 101 Å². The van der Waals surface area contributed by atoms with E-state index >= 15 is 0 Å². The van der Waals surface area contributed by atoms with Gasteiger partial charge in [0.05, 0.1) is 0 Å². The van der Waals surface area contributed by atoms with Gasteiger partial charge in [0.1, 0.15) is 0 Å². The van der Waals surface area contributed by atoms with Crippen LogP contribution in [0.4, 0.5) is 34.1 Å². The minimum Gasteiger partial charge on any atom is -0.311 e. The zero-order valence-corrected chi connectivity index (χ0v) is 54.7. The van der Waals surface area contributed by atoms with E-state index in [1.54, 1.807) is 0 Å². The molecular formula is C90H60N8Si. The van der Waals surface area contributed by atoms with Gasteiger partial charge in [0, 0.05) is 67.5 Å². The normalized spacial score (nSPS) is 12.1. The molecule has 0 amide bonds. The van der Waals surface area contributed by atoms with Gasteiger partial charge in [-0.1, -0.05) is 267 Å². The highest BCUT2D eigenvalue weighted by molar-refractivity contribution is 7.24. The first-order valence-electron chi connectivity index (χ1n) is 33.4. The molecule has 2 aromatic heterocycles. The molecule has 2 aliphatic rings. The highest BCUT2D eigenvalue weighted by Crippen LogP contribution is 2.44. The fraction of sp³-hybridized carbons (Fsp3) is 0. The van der Waals surface area contributed by atoms with Crippen LogP contribution < -0.4 is 30.5 Å². The maximum Gasteiger partial charge on any atom is 0.182 e. The summed E-state index contributed by atoms with van der Waals surface area (Å²) in [6.07, 6.45) is 0. The Morgan fingerprint density at radius 1 is 0.162 bits per heavy atom. The molecule has 99 heavy (non-hydrogen) atoms. The summed E-state index contributed by atoms with van der Waals surface area (Å²) >= 11 is 0. The van der Waals surface area contributed by atoms with Gasteiger partial charge in [-0.2, -0.15) is 0 Å². The minimum atomic E-state index is -3.22. The second-order valence-corrected chi connectivity index (χ2v) is 28.6. The van der Waals surface area contributed by atoms with E-state index in [2.05, 4.69) is 301 Å². The van der Waals surface area contributed by atoms with Crippen molar-refractivity contribution in [3.63, 3.8) is 0 Å². The van der Waals surface area contributed by atoms with Crippen molar-refractivity contribution in [2.24, 2.45) is 0 Å². The second-order valence-electron chi connectivity index (χ2n) is 25.0. The molecule has 464 valence electrons. The predicted octanol–water partition coefficient (Wildman–Crippen LogP) is 19.7. The Morgan fingerprint density at radius 2 is 0.354 bits per heavy atom. The summed E-state index contributed by atoms with van der Waals surface area (Å²) < 4.78 is 0. The number of hydrogen-bond acceptors (Lipinski definition) is 8. The summed E-state index contributed by atoms with van der Waals surface area (Å²) in [5.74, 6) is 3.61. The van der Waals surface area contributed by atoms with Crippen LogP contribution in [0.25, 0.3) is 113 Å². The monoisotopic (exact) mass is 1280 g/mol. The van der Waals surface area contributed by atoms with Crippen molar-refractivity contribution >= 4 is 62.9 Å². The van der Waals surface area contributed by atoms with Crippen molar-refractivity contribution in [1.82, 2.24) is 29.9 Å². The van der Waals surface area contributed by atoms with E-state index in [9.17, 15) is 0 Å². The molecule has 0 saturated carbocycles. The van der Waals surface area contributed by atoms with Crippen LogP contribution >= 0.6 is 0 Å². The number of hydrogen-bond donors (Lipinski definition) is 0. The number of benzene rings is 14. The van der Waals surface area contributed by atoms with Crippen LogP contribution in [0.2, 0.25) is 0 Å². The van der Waals surface area contributed by atoms with Crippen molar-refractivity contribution in [3.8, 4) is 113 Å². The molecule has 16 aromatic rings. The van der Waals surface area contributed by atoms with Crippen molar-refractivity contribution < 1.29 is 0 Å². The second kappa shape index (κ2) is 24.9. The van der Waals surface area contributed by atoms with Gasteiger partial charge in [0.15, 0.2) is 43.0 Å². The zero-order valence-electron chi connectivity index (χ0n) is 53.7. The highest BCUT2D eigenvalue weighted by atomic mass is 28.3. The quantitative estimate of drug-likeness (QED) is 0.0996. The fourth-order valence-corrected chi connectivity index (χ4v) is 20.1. The van der Waals surface area contributed by atoms with Gasteiger partial charge < -0.3 is 9.80 Å². The molecule has 0 radical (unpaired) electrons. The van der Waals surface area contributed by atoms with Crippen molar-refractivity contribution in [2.75, 3.05) is 9.80 Å². The van der Waals surface area contributed by atoms with Gasteiger partial charge in [-0.25, -0.2) is 29.9 Å². The van der Waals surface area contributed by atoms with E-state index in [4.69, 9.17) is 29.9 Å². The van der Waals surface area contributed by atoms with Crippen LogP contribution in [0.5, 0.6) is 0 Å². The summed E-state index contributed by atoms with van der Waals surface area (Å²) in [5, 5.41) is 5.26. The molecule has 14 aromatic carbocycles. The van der Waals surface area contributed by atoms with E-state index in [-0.39, 0.29) is 0 Å². The molecule has 1 spiro atoms. The van der Waals surface area contributed by atoms with E-state index in [1.165, 1.54) is 31.9 Å². The van der Waals surface area contributed by atoms with E-state index in [0.29, 0.717) is 34.9 Å². The Morgan fingerprint density at radius 3 is 0.606 bits per heavy atom. The van der Waals surface area contributed by atoms with Gasteiger partial charge in [-0.05, 0) is 162 Å². The number of anilines is 6. The Balaban J connectivity index is 0.843.